The van der Waals surface area contributed by atoms with Crippen molar-refractivity contribution >= 4 is 11.7 Å². The molecular weight excluding hydrogens is 192 g/mol. The molecule has 5 heteroatoms. The van der Waals surface area contributed by atoms with Gasteiger partial charge in [-0.1, -0.05) is 0 Å². The molecule has 0 radical (unpaired) electrons. The monoisotopic (exact) mass is 208 g/mol. The normalized spacial score (nSPS) is 9.80. The summed E-state index contributed by atoms with van der Waals surface area (Å²) in [5.41, 5.74) is 1.96. The van der Waals surface area contributed by atoms with Gasteiger partial charge < -0.3 is 10.6 Å². The van der Waals surface area contributed by atoms with Gasteiger partial charge in [-0.3, -0.25) is 4.79 Å². The van der Waals surface area contributed by atoms with Crippen LogP contribution in [0.5, 0.6) is 0 Å². The molecule has 82 valence electrons. The quantitative estimate of drug-likeness (QED) is 0.762. The predicted molar refractivity (Wildman–Crippen MR) is 58.7 cm³/mol. The standard InChI is InChI=1S/C10H16N4O/c1-4-11-10(15)6-12-9-5-7(2)8(3)13-14-9/h5H,4,6H2,1-3H3,(H,11,15)(H,12,14). The third kappa shape index (κ3) is 3.53. The van der Waals surface area contributed by atoms with E-state index in [1.165, 1.54) is 0 Å². The van der Waals surface area contributed by atoms with Crippen molar-refractivity contribution in [1.82, 2.24) is 15.5 Å². The molecule has 0 fully saturated rings. The van der Waals surface area contributed by atoms with Gasteiger partial charge in [0.2, 0.25) is 5.91 Å². The van der Waals surface area contributed by atoms with Crippen LogP contribution >= 0.6 is 0 Å². The van der Waals surface area contributed by atoms with Crippen molar-refractivity contribution in [1.29, 1.82) is 0 Å². The maximum Gasteiger partial charge on any atom is 0.239 e. The van der Waals surface area contributed by atoms with Crippen molar-refractivity contribution in [3.8, 4) is 0 Å². The molecule has 1 rings (SSSR count). The molecule has 0 aliphatic rings. The summed E-state index contributed by atoms with van der Waals surface area (Å²) in [4.78, 5) is 11.1. The zero-order valence-corrected chi connectivity index (χ0v) is 9.29. The van der Waals surface area contributed by atoms with Crippen molar-refractivity contribution in [2.24, 2.45) is 0 Å². The highest BCUT2D eigenvalue weighted by Crippen LogP contribution is 2.06. The predicted octanol–water partition coefficient (Wildman–Crippen LogP) is 0.641. The molecule has 0 aromatic carbocycles. The molecular formula is C10H16N4O. The van der Waals surface area contributed by atoms with E-state index in [1.807, 2.05) is 26.8 Å². The van der Waals surface area contributed by atoms with Crippen LogP contribution in [0, 0.1) is 13.8 Å². The molecule has 0 spiro atoms. The van der Waals surface area contributed by atoms with Gasteiger partial charge in [0, 0.05) is 6.54 Å². The lowest BCUT2D eigenvalue weighted by molar-refractivity contribution is -0.119. The first-order valence-corrected chi connectivity index (χ1v) is 4.95. The number of carbonyl (C=O) groups excluding carboxylic acids is 1. The molecule has 2 N–H and O–H groups in total. The second-order valence-electron chi connectivity index (χ2n) is 3.31. The first-order valence-electron chi connectivity index (χ1n) is 4.95. The Hall–Kier alpha value is -1.65. The van der Waals surface area contributed by atoms with Gasteiger partial charge >= 0.3 is 0 Å². The fraction of sp³-hybridized carbons (Fsp3) is 0.500. The Morgan fingerprint density at radius 1 is 1.40 bits per heavy atom. The third-order valence-electron chi connectivity index (χ3n) is 2.04. The molecule has 0 saturated heterocycles. The molecule has 0 aliphatic heterocycles. The van der Waals surface area contributed by atoms with Crippen molar-refractivity contribution in [3.05, 3.63) is 17.3 Å². The first-order chi connectivity index (χ1) is 7.13. The summed E-state index contributed by atoms with van der Waals surface area (Å²) in [7, 11) is 0. The molecule has 1 aromatic heterocycles. The number of amides is 1. The minimum Gasteiger partial charge on any atom is -0.360 e. The molecule has 0 atom stereocenters. The summed E-state index contributed by atoms with van der Waals surface area (Å²) >= 11 is 0. The number of carbonyl (C=O) groups is 1. The molecule has 1 aromatic rings. The SMILES string of the molecule is CCNC(=O)CNc1cc(C)c(C)nn1. The van der Waals surface area contributed by atoms with Crippen molar-refractivity contribution < 1.29 is 4.79 Å². The summed E-state index contributed by atoms with van der Waals surface area (Å²) in [6, 6.07) is 1.88. The fourth-order valence-electron chi connectivity index (χ4n) is 1.06. The Balaban J connectivity index is 2.51. The zero-order valence-electron chi connectivity index (χ0n) is 9.29. The van der Waals surface area contributed by atoms with Crippen LogP contribution < -0.4 is 10.6 Å². The minimum absolute atomic E-state index is 0.0440. The van der Waals surface area contributed by atoms with Gasteiger partial charge in [0.15, 0.2) is 0 Å². The van der Waals surface area contributed by atoms with E-state index in [4.69, 9.17) is 0 Å². The number of anilines is 1. The van der Waals surface area contributed by atoms with Gasteiger partial charge in [-0.25, -0.2) is 0 Å². The van der Waals surface area contributed by atoms with E-state index in [0.29, 0.717) is 12.4 Å². The van der Waals surface area contributed by atoms with Crippen LogP contribution in [-0.4, -0.2) is 29.2 Å². The van der Waals surface area contributed by atoms with E-state index in [2.05, 4.69) is 20.8 Å². The summed E-state index contributed by atoms with van der Waals surface area (Å²) < 4.78 is 0. The smallest absolute Gasteiger partial charge is 0.239 e. The molecule has 0 aliphatic carbocycles. The Bertz CT molecular complexity index is 351. The summed E-state index contributed by atoms with van der Waals surface area (Å²) in [6.45, 7) is 6.61. The first kappa shape index (κ1) is 11.4. The maximum atomic E-state index is 11.1. The van der Waals surface area contributed by atoms with Crippen molar-refractivity contribution in [2.45, 2.75) is 20.8 Å². The number of rotatable bonds is 4. The fourth-order valence-corrected chi connectivity index (χ4v) is 1.06. The van der Waals surface area contributed by atoms with Crippen molar-refractivity contribution in [2.75, 3.05) is 18.4 Å². The van der Waals surface area contributed by atoms with Gasteiger partial charge in [-0.05, 0) is 32.4 Å². The van der Waals surface area contributed by atoms with Crippen LogP contribution in [0.25, 0.3) is 0 Å². The van der Waals surface area contributed by atoms with Crippen LogP contribution in [-0.2, 0) is 4.79 Å². The number of likely N-dealkylation sites (N-methyl/N-ethyl adjacent to an activating group) is 1. The maximum absolute atomic E-state index is 11.1. The highest BCUT2D eigenvalue weighted by molar-refractivity contribution is 5.80. The minimum atomic E-state index is -0.0440. The van der Waals surface area contributed by atoms with E-state index < -0.39 is 0 Å². The van der Waals surface area contributed by atoms with Crippen molar-refractivity contribution in [3.63, 3.8) is 0 Å². The molecule has 5 nitrogen and oxygen atoms in total. The summed E-state index contributed by atoms with van der Waals surface area (Å²) in [5, 5.41) is 13.5. The average Bonchev–Trinajstić information content (AvgIpc) is 2.20. The molecule has 0 bridgehead atoms. The number of hydrogen-bond donors (Lipinski definition) is 2. The second-order valence-corrected chi connectivity index (χ2v) is 3.31. The largest absolute Gasteiger partial charge is 0.360 e. The van der Waals surface area contributed by atoms with Crippen LogP contribution in [0.3, 0.4) is 0 Å². The molecule has 15 heavy (non-hydrogen) atoms. The van der Waals surface area contributed by atoms with Crippen LogP contribution in [0.15, 0.2) is 6.07 Å². The second kappa shape index (κ2) is 5.29. The van der Waals surface area contributed by atoms with Gasteiger partial charge in [-0.2, -0.15) is 5.10 Å². The van der Waals surface area contributed by atoms with Crippen LogP contribution in [0.2, 0.25) is 0 Å². The van der Waals surface area contributed by atoms with Crippen LogP contribution in [0.4, 0.5) is 5.82 Å². The Kier molecular flexibility index (Phi) is 4.03. The molecule has 0 unspecified atom stereocenters. The highest BCUT2D eigenvalue weighted by Gasteiger charge is 2.01. The van der Waals surface area contributed by atoms with Crippen LogP contribution in [0.1, 0.15) is 18.2 Å². The van der Waals surface area contributed by atoms with E-state index in [-0.39, 0.29) is 12.5 Å². The zero-order chi connectivity index (χ0) is 11.3. The number of nitrogens with zero attached hydrogens (tertiary/aromatic N) is 2. The third-order valence-corrected chi connectivity index (χ3v) is 2.04. The lowest BCUT2D eigenvalue weighted by Crippen LogP contribution is -2.29. The Labute approximate surface area is 89.3 Å². The van der Waals surface area contributed by atoms with Gasteiger partial charge in [0.05, 0.1) is 12.2 Å². The lowest BCUT2D eigenvalue weighted by atomic mass is 10.2. The summed E-state index contributed by atoms with van der Waals surface area (Å²) in [6.07, 6.45) is 0. The molecule has 0 saturated carbocycles. The van der Waals surface area contributed by atoms with Gasteiger partial charge in [-0.15, -0.1) is 5.10 Å². The number of aromatic nitrogens is 2. The number of aryl methyl sites for hydroxylation is 2. The highest BCUT2D eigenvalue weighted by atomic mass is 16.1. The van der Waals surface area contributed by atoms with Gasteiger partial charge in [0.25, 0.3) is 0 Å². The Morgan fingerprint density at radius 2 is 2.13 bits per heavy atom. The average molecular weight is 208 g/mol. The van der Waals surface area contributed by atoms with Gasteiger partial charge in [0.1, 0.15) is 5.82 Å². The van der Waals surface area contributed by atoms with E-state index in [1.54, 1.807) is 0 Å². The topological polar surface area (TPSA) is 66.9 Å². The lowest BCUT2D eigenvalue weighted by Gasteiger charge is -2.06. The Morgan fingerprint density at radius 3 is 2.73 bits per heavy atom. The molecule has 1 heterocycles. The number of nitrogens with one attached hydrogen (secondary N) is 2. The van der Waals surface area contributed by atoms with E-state index >= 15 is 0 Å². The summed E-state index contributed by atoms with van der Waals surface area (Å²) in [5.74, 6) is 0.585. The van der Waals surface area contributed by atoms with E-state index in [0.717, 1.165) is 11.3 Å². The number of hydrogen-bond acceptors (Lipinski definition) is 4. The van der Waals surface area contributed by atoms with E-state index in [9.17, 15) is 4.79 Å². The molecule has 1 amide bonds.